The molecule has 0 saturated heterocycles. The van der Waals surface area contributed by atoms with Crippen molar-refractivity contribution in [3.8, 4) is 0 Å². The van der Waals surface area contributed by atoms with E-state index in [9.17, 15) is 0 Å². The molecule has 2 nitrogen and oxygen atoms in total. The van der Waals surface area contributed by atoms with Crippen molar-refractivity contribution >= 4 is 17.9 Å². The van der Waals surface area contributed by atoms with Crippen molar-refractivity contribution in [3.05, 3.63) is 107 Å². The first-order valence-corrected chi connectivity index (χ1v) is 11.1. The first-order valence-electron chi connectivity index (χ1n) is 11.1. The molecule has 0 radical (unpaired) electrons. The van der Waals surface area contributed by atoms with E-state index < -0.39 is 0 Å². The summed E-state index contributed by atoms with van der Waals surface area (Å²) >= 11 is 0. The average molecular weight is 393 g/mol. The van der Waals surface area contributed by atoms with Crippen molar-refractivity contribution in [2.24, 2.45) is 5.10 Å². The number of rotatable bonds is 5. The van der Waals surface area contributed by atoms with Crippen LogP contribution in [0.4, 0.5) is 0 Å². The Kier molecular flexibility index (Phi) is 5.48. The van der Waals surface area contributed by atoms with Crippen molar-refractivity contribution in [1.82, 2.24) is 5.43 Å². The molecule has 0 aromatic heterocycles. The van der Waals surface area contributed by atoms with Crippen LogP contribution in [0.3, 0.4) is 0 Å². The lowest BCUT2D eigenvalue weighted by molar-refractivity contribution is 0.381. The lowest BCUT2D eigenvalue weighted by atomic mass is 9.83. The first kappa shape index (κ1) is 18.9. The van der Waals surface area contributed by atoms with Gasteiger partial charge in [0, 0.05) is 12.0 Å². The number of allylic oxidation sites excluding steroid dienone is 1. The SMILES string of the molecule is C1=C(c2ccccc2)C(c2ccccc2/C=N/NC2CCCCC2)c2ccccc21. The lowest BCUT2D eigenvalue weighted by Crippen LogP contribution is -2.26. The minimum Gasteiger partial charge on any atom is -0.307 e. The topological polar surface area (TPSA) is 24.4 Å². The summed E-state index contributed by atoms with van der Waals surface area (Å²) in [5.41, 5.74) is 11.2. The quantitative estimate of drug-likeness (QED) is 0.382. The number of benzene rings is 3. The minimum absolute atomic E-state index is 0.223. The summed E-state index contributed by atoms with van der Waals surface area (Å²) in [6.07, 6.45) is 10.8. The predicted octanol–water partition coefficient (Wildman–Crippen LogP) is 6.63. The van der Waals surface area contributed by atoms with Gasteiger partial charge in [-0.15, -0.1) is 0 Å². The summed E-state index contributed by atoms with van der Waals surface area (Å²) in [5, 5.41) is 4.66. The zero-order valence-electron chi connectivity index (χ0n) is 17.3. The largest absolute Gasteiger partial charge is 0.307 e. The van der Waals surface area contributed by atoms with Gasteiger partial charge in [0.05, 0.1) is 6.21 Å². The van der Waals surface area contributed by atoms with E-state index in [0.717, 1.165) is 0 Å². The van der Waals surface area contributed by atoms with Crippen molar-refractivity contribution in [1.29, 1.82) is 0 Å². The van der Waals surface area contributed by atoms with E-state index in [-0.39, 0.29) is 5.92 Å². The first-order chi connectivity index (χ1) is 14.9. The fourth-order valence-electron chi connectivity index (χ4n) is 4.87. The van der Waals surface area contributed by atoms with Crippen LogP contribution in [0.25, 0.3) is 11.6 Å². The molecule has 1 saturated carbocycles. The summed E-state index contributed by atoms with van der Waals surface area (Å²) in [7, 11) is 0. The van der Waals surface area contributed by atoms with Crippen molar-refractivity contribution in [3.63, 3.8) is 0 Å². The van der Waals surface area contributed by atoms with Gasteiger partial charge < -0.3 is 5.43 Å². The summed E-state index contributed by atoms with van der Waals surface area (Å²) in [6.45, 7) is 0. The lowest BCUT2D eigenvalue weighted by Gasteiger charge is -2.21. The van der Waals surface area contributed by atoms with Crippen LogP contribution < -0.4 is 5.43 Å². The molecule has 3 aromatic carbocycles. The Bertz CT molecular complexity index is 1060. The summed E-state index contributed by atoms with van der Waals surface area (Å²) in [4.78, 5) is 0. The minimum atomic E-state index is 0.223. The maximum absolute atomic E-state index is 4.66. The number of fused-ring (bicyclic) bond motifs is 1. The smallest absolute Gasteiger partial charge is 0.0543 e. The molecule has 150 valence electrons. The molecule has 1 unspecified atom stereocenters. The summed E-state index contributed by atoms with van der Waals surface area (Å²) < 4.78 is 0. The highest BCUT2D eigenvalue weighted by Gasteiger charge is 2.28. The maximum Gasteiger partial charge on any atom is 0.0543 e. The highest BCUT2D eigenvalue weighted by Crippen LogP contribution is 2.46. The van der Waals surface area contributed by atoms with E-state index in [2.05, 4.69) is 95.5 Å². The van der Waals surface area contributed by atoms with E-state index in [1.165, 1.54) is 65.5 Å². The van der Waals surface area contributed by atoms with Gasteiger partial charge >= 0.3 is 0 Å². The van der Waals surface area contributed by atoms with Crippen LogP contribution in [-0.2, 0) is 0 Å². The van der Waals surface area contributed by atoms with Gasteiger partial charge in [-0.05, 0) is 52.3 Å². The third kappa shape index (κ3) is 3.82. The molecule has 5 rings (SSSR count). The molecule has 0 spiro atoms. The number of hydrogen-bond acceptors (Lipinski definition) is 2. The van der Waals surface area contributed by atoms with Crippen molar-refractivity contribution < 1.29 is 0 Å². The Morgan fingerprint density at radius 1 is 0.733 bits per heavy atom. The second kappa shape index (κ2) is 8.71. The Balaban J connectivity index is 1.50. The monoisotopic (exact) mass is 392 g/mol. The van der Waals surface area contributed by atoms with Crippen molar-refractivity contribution in [2.75, 3.05) is 0 Å². The van der Waals surface area contributed by atoms with Gasteiger partial charge in [0.25, 0.3) is 0 Å². The highest BCUT2D eigenvalue weighted by molar-refractivity contribution is 5.95. The van der Waals surface area contributed by atoms with Gasteiger partial charge in [0.1, 0.15) is 0 Å². The van der Waals surface area contributed by atoms with Gasteiger partial charge in [0.2, 0.25) is 0 Å². The molecule has 1 fully saturated rings. The maximum atomic E-state index is 4.66. The van der Waals surface area contributed by atoms with Crippen LogP contribution in [0.15, 0.2) is 84.0 Å². The average Bonchev–Trinajstić information content (AvgIpc) is 3.20. The van der Waals surface area contributed by atoms with E-state index in [0.29, 0.717) is 6.04 Å². The molecule has 0 amide bonds. The molecule has 0 aliphatic heterocycles. The Morgan fingerprint density at radius 3 is 2.27 bits per heavy atom. The van der Waals surface area contributed by atoms with E-state index in [4.69, 9.17) is 0 Å². The Labute approximate surface area is 179 Å². The van der Waals surface area contributed by atoms with E-state index in [1.807, 2.05) is 6.21 Å². The number of nitrogens with zero attached hydrogens (tertiary/aromatic N) is 1. The molecular formula is C28H28N2. The van der Waals surface area contributed by atoms with Gasteiger partial charge in [-0.2, -0.15) is 5.10 Å². The number of nitrogens with one attached hydrogen (secondary N) is 1. The van der Waals surface area contributed by atoms with Gasteiger partial charge in [-0.1, -0.05) is 98.1 Å². The van der Waals surface area contributed by atoms with Gasteiger partial charge in [0.15, 0.2) is 0 Å². The van der Waals surface area contributed by atoms with Gasteiger partial charge in [-0.3, -0.25) is 0 Å². The Hall–Kier alpha value is -3.13. The zero-order valence-corrected chi connectivity index (χ0v) is 17.3. The van der Waals surface area contributed by atoms with E-state index >= 15 is 0 Å². The zero-order chi connectivity index (χ0) is 20.2. The fraction of sp³-hybridized carbons (Fsp3) is 0.250. The van der Waals surface area contributed by atoms with Crippen molar-refractivity contribution in [2.45, 2.75) is 44.1 Å². The molecule has 30 heavy (non-hydrogen) atoms. The van der Waals surface area contributed by atoms with Crippen LogP contribution in [-0.4, -0.2) is 12.3 Å². The van der Waals surface area contributed by atoms with E-state index in [1.54, 1.807) is 0 Å². The van der Waals surface area contributed by atoms with Crippen LogP contribution in [0.1, 0.15) is 65.8 Å². The van der Waals surface area contributed by atoms with Crippen LogP contribution >= 0.6 is 0 Å². The van der Waals surface area contributed by atoms with Crippen LogP contribution in [0.2, 0.25) is 0 Å². The molecule has 0 heterocycles. The summed E-state index contributed by atoms with van der Waals surface area (Å²) in [6, 6.07) is 28.7. The molecule has 1 N–H and O–H groups in total. The number of hydrogen-bond donors (Lipinski definition) is 1. The Morgan fingerprint density at radius 2 is 1.43 bits per heavy atom. The van der Waals surface area contributed by atoms with Gasteiger partial charge in [-0.25, -0.2) is 0 Å². The third-order valence-corrected chi connectivity index (χ3v) is 6.41. The standard InChI is InChI=1S/C28H28N2/c1-3-11-21(12-4-1)27-19-22-13-7-9-17-25(22)28(27)26-18-10-8-14-23(26)20-29-30-24-15-5-2-6-16-24/h1,3-4,7-14,17-20,24,28,30H,2,5-6,15-16H2/b29-20+. The number of hydrazone groups is 1. The molecule has 1 atom stereocenters. The predicted molar refractivity (Wildman–Crippen MR) is 127 cm³/mol. The second-order valence-electron chi connectivity index (χ2n) is 8.38. The van der Waals surface area contributed by atoms with Crippen LogP contribution in [0, 0.1) is 0 Å². The molecule has 2 aliphatic carbocycles. The fourth-order valence-corrected chi connectivity index (χ4v) is 4.87. The second-order valence-corrected chi connectivity index (χ2v) is 8.38. The third-order valence-electron chi connectivity index (χ3n) is 6.41. The normalized spacial score (nSPS) is 18.9. The molecule has 0 bridgehead atoms. The van der Waals surface area contributed by atoms with Crippen LogP contribution in [0.5, 0.6) is 0 Å². The molecule has 3 aromatic rings. The highest BCUT2D eigenvalue weighted by atomic mass is 15.3. The molecular weight excluding hydrogens is 364 g/mol. The molecule has 2 heteroatoms. The molecule has 2 aliphatic rings. The summed E-state index contributed by atoms with van der Waals surface area (Å²) in [5.74, 6) is 0.223.